The first-order chi connectivity index (χ1) is 9.73. The van der Waals surface area contributed by atoms with Crippen LogP contribution >= 0.6 is 0 Å². The zero-order valence-electron chi connectivity index (χ0n) is 13.9. The highest BCUT2D eigenvalue weighted by molar-refractivity contribution is 5.81. The summed E-state index contributed by atoms with van der Waals surface area (Å²) in [5.41, 5.74) is -0.480. The van der Waals surface area contributed by atoms with Gasteiger partial charge in [0.2, 0.25) is 5.91 Å². The summed E-state index contributed by atoms with van der Waals surface area (Å²) in [6, 6.07) is -0.127. The highest BCUT2D eigenvalue weighted by Crippen LogP contribution is 2.15. The lowest BCUT2D eigenvalue weighted by molar-refractivity contribution is -0.122. The van der Waals surface area contributed by atoms with Crippen LogP contribution in [0.1, 0.15) is 47.5 Å². The van der Waals surface area contributed by atoms with Gasteiger partial charge in [0.1, 0.15) is 5.60 Å². The third-order valence-corrected chi connectivity index (χ3v) is 3.30. The van der Waals surface area contributed by atoms with Crippen molar-refractivity contribution in [1.29, 1.82) is 0 Å². The summed E-state index contributed by atoms with van der Waals surface area (Å²) >= 11 is 0. The molecule has 1 fully saturated rings. The molecule has 1 rings (SSSR count). The van der Waals surface area contributed by atoms with Gasteiger partial charge in [0.25, 0.3) is 0 Å². The number of nitrogens with one attached hydrogen (secondary N) is 2. The minimum Gasteiger partial charge on any atom is -0.444 e. The van der Waals surface area contributed by atoms with E-state index in [1.54, 1.807) is 4.90 Å². The monoisotopic (exact) mass is 299 g/mol. The number of likely N-dealkylation sites (tertiary alicyclic amines) is 1. The predicted molar refractivity (Wildman–Crippen MR) is 82.1 cm³/mol. The van der Waals surface area contributed by atoms with Crippen LogP contribution in [0.15, 0.2) is 0 Å². The minimum absolute atomic E-state index is 0.00751. The Kier molecular flexibility index (Phi) is 6.45. The van der Waals surface area contributed by atoms with Gasteiger partial charge in [0.05, 0.1) is 6.04 Å². The lowest BCUT2D eigenvalue weighted by Crippen LogP contribution is -2.54. The zero-order valence-corrected chi connectivity index (χ0v) is 13.9. The number of hydrogen-bond acceptors (Lipinski definition) is 4. The van der Waals surface area contributed by atoms with Crippen LogP contribution in [0.3, 0.4) is 0 Å². The van der Waals surface area contributed by atoms with E-state index in [1.165, 1.54) is 0 Å². The molecule has 1 saturated heterocycles. The molecule has 2 atom stereocenters. The van der Waals surface area contributed by atoms with E-state index >= 15 is 0 Å². The molecule has 6 heteroatoms. The molecule has 0 saturated carbocycles. The van der Waals surface area contributed by atoms with Gasteiger partial charge in [-0.3, -0.25) is 4.79 Å². The van der Waals surface area contributed by atoms with Crippen molar-refractivity contribution in [3.8, 4) is 0 Å². The fourth-order valence-corrected chi connectivity index (χ4v) is 2.36. The van der Waals surface area contributed by atoms with Gasteiger partial charge in [0.15, 0.2) is 0 Å². The molecular weight excluding hydrogens is 270 g/mol. The van der Waals surface area contributed by atoms with Crippen molar-refractivity contribution in [3.05, 3.63) is 0 Å². The minimum atomic E-state index is -0.480. The number of amides is 2. The Labute approximate surface area is 127 Å². The molecule has 0 aromatic rings. The second-order valence-electron chi connectivity index (χ2n) is 6.55. The molecule has 21 heavy (non-hydrogen) atoms. The lowest BCUT2D eigenvalue weighted by Gasteiger charge is -2.35. The fraction of sp³-hybridized carbons (Fsp3) is 0.867. The van der Waals surface area contributed by atoms with Gasteiger partial charge in [-0.05, 0) is 47.5 Å². The van der Waals surface area contributed by atoms with Gasteiger partial charge in [-0.2, -0.15) is 0 Å². The Balaban J connectivity index is 2.48. The molecule has 0 radical (unpaired) electrons. The maximum Gasteiger partial charge on any atom is 0.410 e. The Morgan fingerprint density at radius 2 is 2.05 bits per heavy atom. The van der Waals surface area contributed by atoms with E-state index in [-0.39, 0.29) is 24.1 Å². The SMILES string of the molecule is CCNC(=O)C(C)NC1CCCN(C(=O)OC(C)(C)C)C1. The Morgan fingerprint density at radius 1 is 1.38 bits per heavy atom. The van der Waals surface area contributed by atoms with Crippen molar-refractivity contribution < 1.29 is 14.3 Å². The predicted octanol–water partition coefficient (Wildman–Crippen LogP) is 1.50. The van der Waals surface area contributed by atoms with Crippen LogP contribution in [-0.2, 0) is 9.53 Å². The molecule has 6 nitrogen and oxygen atoms in total. The molecule has 0 aliphatic carbocycles. The molecule has 1 heterocycles. The number of nitrogens with zero attached hydrogens (tertiary/aromatic N) is 1. The van der Waals surface area contributed by atoms with Crippen molar-refractivity contribution in [1.82, 2.24) is 15.5 Å². The molecule has 2 unspecified atom stereocenters. The van der Waals surface area contributed by atoms with E-state index in [0.29, 0.717) is 19.6 Å². The highest BCUT2D eigenvalue weighted by Gasteiger charge is 2.28. The van der Waals surface area contributed by atoms with Crippen molar-refractivity contribution in [3.63, 3.8) is 0 Å². The summed E-state index contributed by atoms with van der Waals surface area (Å²) in [6.45, 7) is 11.2. The first kappa shape index (κ1) is 17.8. The van der Waals surface area contributed by atoms with Crippen molar-refractivity contribution >= 4 is 12.0 Å². The molecule has 122 valence electrons. The second kappa shape index (κ2) is 7.64. The average Bonchev–Trinajstić information content (AvgIpc) is 2.37. The molecule has 2 N–H and O–H groups in total. The summed E-state index contributed by atoms with van der Waals surface area (Å²) in [6.07, 6.45) is 1.60. The fourth-order valence-electron chi connectivity index (χ4n) is 2.36. The third-order valence-electron chi connectivity index (χ3n) is 3.30. The van der Waals surface area contributed by atoms with E-state index in [2.05, 4.69) is 10.6 Å². The van der Waals surface area contributed by atoms with E-state index in [4.69, 9.17) is 4.74 Å². The van der Waals surface area contributed by atoms with Crippen LogP contribution in [-0.4, -0.2) is 54.2 Å². The summed E-state index contributed by atoms with van der Waals surface area (Å²) in [5.74, 6) is -0.00751. The maximum absolute atomic E-state index is 12.1. The number of rotatable bonds is 4. The molecule has 1 aliphatic rings. The average molecular weight is 299 g/mol. The summed E-state index contributed by atoms with van der Waals surface area (Å²) in [4.78, 5) is 25.5. The number of carbonyl (C=O) groups excluding carboxylic acids is 2. The molecular formula is C15H29N3O3. The van der Waals surface area contributed by atoms with Crippen molar-refractivity contribution in [2.24, 2.45) is 0 Å². The van der Waals surface area contributed by atoms with E-state index < -0.39 is 5.60 Å². The van der Waals surface area contributed by atoms with Gasteiger partial charge in [-0.25, -0.2) is 4.79 Å². The van der Waals surface area contributed by atoms with Gasteiger partial charge < -0.3 is 20.3 Å². The van der Waals surface area contributed by atoms with Crippen LogP contribution in [0.5, 0.6) is 0 Å². The Morgan fingerprint density at radius 3 is 2.62 bits per heavy atom. The quantitative estimate of drug-likeness (QED) is 0.825. The van der Waals surface area contributed by atoms with Gasteiger partial charge in [-0.1, -0.05) is 0 Å². The molecule has 0 aromatic heterocycles. The molecule has 0 aromatic carbocycles. The molecule has 0 bridgehead atoms. The highest BCUT2D eigenvalue weighted by atomic mass is 16.6. The van der Waals surface area contributed by atoms with Crippen LogP contribution < -0.4 is 10.6 Å². The normalized spacial score (nSPS) is 20.8. The first-order valence-electron chi connectivity index (χ1n) is 7.74. The van der Waals surface area contributed by atoms with Crippen molar-refractivity contribution in [2.45, 2.75) is 65.1 Å². The van der Waals surface area contributed by atoms with Crippen LogP contribution in [0.4, 0.5) is 4.79 Å². The van der Waals surface area contributed by atoms with Crippen LogP contribution in [0.25, 0.3) is 0 Å². The lowest BCUT2D eigenvalue weighted by atomic mass is 10.0. The second-order valence-corrected chi connectivity index (χ2v) is 6.55. The van der Waals surface area contributed by atoms with E-state index in [1.807, 2.05) is 34.6 Å². The van der Waals surface area contributed by atoms with E-state index in [0.717, 1.165) is 12.8 Å². The molecule has 1 aliphatic heterocycles. The Hall–Kier alpha value is -1.30. The van der Waals surface area contributed by atoms with Gasteiger partial charge in [-0.15, -0.1) is 0 Å². The maximum atomic E-state index is 12.1. The Bertz CT molecular complexity index is 366. The zero-order chi connectivity index (χ0) is 16.0. The summed E-state index contributed by atoms with van der Waals surface area (Å²) in [5, 5.41) is 6.08. The number of piperidine rings is 1. The number of hydrogen-bond donors (Lipinski definition) is 2. The molecule has 0 spiro atoms. The third kappa shape index (κ3) is 6.33. The topological polar surface area (TPSA) is 70.7 Å². The number of likely N-dealkylation sites (N-methyl/N-ethyl adjacent to an activating group) is 1. The largest absolute Gasteiger partial charge is 0.444 e. The van der Waals surface area contributed by atoms with Crippen molar-refractivity contribution in [2.75, 3.05) is 19.6 Å². The number of carbonyl (C=O) groups is 2. The van der Waals surface area contributed by atoms with Gasteiger partial charge in [0, 0.05) is 25.7 Å². The van der Waals surface area contributed by atoms with Crippen LogP contribution in [0, 0.1) is 0 Å². The standard InChI is InChI=1S/C15H29N3O3/c1-6-16-13(19)11(2)17-12-8-7-9-18(10-12)14(20)21-15(3,4)5/h11-12,17H,6-10H2,1-5H3,(H,16,19). The van der Waals surface area contributed by atoms with E-state index in [9.17, 15) is 9.59 Å². The summed E-state index contributed by atoms with van der Waals surface area (Å²) in [7, 11) is 0. The van der Waals surface area contributed by atoms with Crippen LogP contribution in [0.2, 0.25) is 0 Å². The first-order valence-corrected chi connectivity index (χ1v) is 7.74. The summed E-state index contributed by atoms with van der Waals surface area (Å²) < 4.78 is 5.40. The molecule has 2 amide bonds. The van der Waals surface area contributed by atoms with Gasteiger partial charge >= 0.3 is 6.09 Å². The number of ether oxygens (including phenoxy) is 1. The smallest absolute Gasteiger partial charge is 0.410 e.